The van der Waals surface area contributed by atoms with E-state index >= 15 is 0 Å². The fourth-order valence-corrected chi connectivity index (χ4v) is 5.27. The summed E-state index contributed by atoms with van der Waals surface area (Å²) in [5, 5.41) is 0. The molecule has 0 spiro atoms. The van der Waals surface area contributed by atoms with Crippen molar-refractivity contribution in [3.63, 3.8) is 0 Å². The summed E-state index contributed by atoms with van der Waals surface area (Å²) in [6, 6.07) is 21.3. The topological polar surface area (TPSA) is 68.3 Å². The van der Waals surface area contributed by atoms with Gasteiger partial charge >= 0.3 is 0 Å². The van der Waals surface area contributed by atoms with Crippen LogP contribution in [-0.4, -0.2) is 66.5 Å². The second kappa shape index (κ2) is 13.0. The van der Waals surface area contributed by atoms with E-state index in [-0.39, 0.29) is 12.4 Å². The predicted octanol–water partition coefficient (Wildman–Crippen LogP) is 4.47. The first-order valence-corrected chi connectivity index (χ1v) is 13.9. The van der Waals surface area contributed by atoms with Gasteiger partial charge in [0.15, 0.2) is 9.84 Å². The molecule has 1 heterocycles. The Labute approximate surface area is 226 Å². The highest BCUT2D eigenvalue weighted by Gasteiger charge is 2.22. The summed E-state index contributed by atoms with van der Waals surface area (Å²) in [5.41, 5.74) is 3.19. The van der Waals surface area contributed by atoms with Crippen molar-refractivity contribution in [3.8, 4) is 17.2 Å². The minimum absolute atomic E-state index is 0. The fraction of sp³-hybridized carbons (Fsp3) is 0.357. The van der Waals surface area contributed by atoms with Gasteiger partial charge in [0.25, 0.3) is 0 Å². The number of methoxy groups -OCH3 is 2. The average Bonchev–Trinajstić information content (AvgIpc) is 2.91. The van der Waals surface area contributed by atoms with E-state index in [1.54, 1.807) is 26.4 Å². The molecule has 200 valence electrons. The third kappa shape index (κ3) is 7.77. The van der Waals surface area contributed by atoms with Gasteiger partial charge in [-0.25, -0.2) is 8.42 Å². The van der Waals surface area contributed by atoms with Gasteiger partial charge in [-0.3, -0.25) is 4.90 Å². The van der Waals surface area contributed by atoms with Crippen LogP contribution in [0.1, 0.15) is 11.1 Å². The number of benzene rings is 3. The van der Waals surface area contributed by atoms with Crippen molar-refractivity contribution < 1.29 is 22.6 Å². The number of anilines is 1. The molecule has 3 aromatic carbocycles. The van der Waals surface area contributed by atoms with E-state index in [0.29, 0.717) is 28.8 Å². The zero-order chi connectivity index (χ0) is 25.5. The van der Waals surface area contributed by atoms with Crippen LogP contribution < -0.4 is 19.1 Å². The van der Waals surface area contributed by atoms with E-state index in [9.17, 15) is 8.42 Å². The lowest BCUT2D eigenvalue weighted by molar-refractivity contribution is 0.260. The second-order valence-corrected chi connectivity index (χ2v) is 11.0. The summed E-state index contributed by atoms with van der Waals surface area (Å²) in [7, 11) is -0.00752. The highest BCUT2D eigenvalue weighted by molar-refractivity contribution is 7.90. The number of nitrogens with zero attached hydrogens (tertiary/aromatic N) is 2. The number of ether oxygens (including phenoxy) is 3. The molecule has 37 heavy (non-hydrogen) atoms. The molecule has 0 amide bonds. The van der Waals surface area contributed by atoms with Gasteiger partial charge in [-0.15, -0.1) is 12.4 Å². The molecule has 1 saturated heterocycles. The van der Waals surface area contributed by atoms with Crippen LogP contribution >= 0.6 is 12.4 Å². The quantitative estimate of drug-likeness (QED) is 0.371. The number of sulfone groups is 1. The van der Waals surface area contributed by atoms with Crippen molar-refractivity contribution in [2.45, 2.75) is 17.9 Å². The average molecular weight is 547 g/mol. The number of hydrogen-bond acceptors (Lipinski definition) is 7. The monoisotopic (exact) mass is 546 g/mol. The summed E-state index contributed by atoms with van der Waals surface area (Å²) in [5.74, 6) is 2.09. The van der Waals surface area contributed by atoms with Crippen LogP contribution in [0.25, 0.3) is 0 Å². The zero-order valence-corrected chi connectivity index (χ0v) is 23.2. The first-order valence-electron chi connectivity index (χ1n) is 12.1. The molecule has 1 aliphatic heterocycles. The lowest BCUT2D eigenvalue weighted by atomic mass is 10.1. The number of halogens is 1. The highest BCUT2D eigenvalue weighted by atomic mass is 35.5. The van der Waals surface area contributed by atoms with E-state index in [4.69, 9.17) is 14.2 Å². The van der Waals surface area contributed by atoms with Gasteiger partial charge in [0.1, 0.15) is 23.9 Å². The maximum Gasteiger partial charge on any atom is 0.177 e. The van der Waals surface area contributed by atoms with Gasteiger partial charge in [0.05, 0.1) is 24.8 Å². The lowest BCUT2D eigenvalue weighted by Crippen LogP contribution is -2.47. The smallest absolute Gasteiger partial charge is 0.177 e. The Morgan fingerprint density at radius 1 is 0.784 bits per heavy atom. The standard InChI is InChI=1S/C28H34N2O5S.ClH/c1-33-24-18-25(34-2)20-26(19-24)35-21-23-10-8-22(9-11-23)12-13-29-14-16-30(17-15-29)27-6-4-5-7-28(27)36(3,31)32;/h4-11,18-20H,12-17,21H2,1-3H3;1H. The Morgan fingerprint density at radius 2 is 1.35 bits per heavy atom. The van der Waals surface area contributed by atoms with Crippen molar-refractivity contribution in [1.82, 2.24) is 4.90 Å². The highest BCUT2D eigenvalue weighted by Crippen LogP contribution is 2.28. The third-order valence-corrected chi connectivity index (χ3v) is 7.59. The number of piperazine rings is 1. The molecular weight excluding hydrogens is 512 g/mol. The molecule has 0 aliphatic carbocycles. The lowest BCUT2D eigenvalue weighted by Gasteiger charge is -2.36. The van der Waals surface area contributed by atoms with Crippen molar-refractivity contribution >= 4 is 27.9 Å². The number of para-hydroxylation sites is 1. The van der Waals surface area contributed by atoms with Gasteiger partial charge in [-0.2, -0.15) is 0 Å². The van der Waals surface area contributed by atoms with Gasteiger partial charge in [0, 0.05) is 57.2 Å². The molecule has 0 bridgehead atoms. The van der Waals surface area contributed by atoms with Crippen LogP contribution in [0, 0.1) is 0 Å². The first-order chi connectivity index (χ1) is 17.4. The Morgan fingerprint density at radius 3 is 1.95 bits per heavy atom. The van der Waals surface area contributed by atoms with Gasteiger partial charge in [-0.05, 0) is 29.7 Å². The van der Waals surface area contributed by atoms with Crippen molar-refractivity contribution in [2.24, 2.45) is 0 Å². The van der Waals surface area contributed by atoms with Gasteiger partial charge in [0.2, 0.25) is 0 Å². The largest absolute Gasteiger partial charge is 0.496 e. The van der Waals surface area contributed by atoms with E-state index in [1.165, 1.54) is 11.8 Å². The van der Waals surface area contributed by atoms with E-state index in [0.717, 1.165) is 50.4 Å². The Kier molecular flexibility index (Phi) is 10.1. The molecule has 1 aliphatic rings. The molecule has 0 radical (unpaired) electrons. The molecule has 4 rings (SSSR count). The minimum atomic E-state index is -3.25. The summed E-state index contributed by atoms with van der Waals surface area (Å²) in [6.07, 6.45) is 2.24. The normalized spacial score (nSPS) is 14.1. The van der Waals surface area contributed by atoms with Crippen molar-refractivity contribution in [2.75, 3.05) is 58.1 Å². The molecule has 1 fully saturated rings. The van der Waals surface area contributed by atoms with E-state index in [1.807, 2.05) is 30.3 Å². The third-order valence-electron chi connectivity index (χ3n) is 6.45. The molecule has 0 N–H and O–H groups in total. The van der Waals surface area contributed by atoms with Crippen LogP contribution in [0.3, 0.4) is 0 Å². The molecule has 0 aromatic heterocycles. The van der Waals surface area contributed by atoms with Gasteiger partial charge in [-0.1, -0.05) is 36.4 Å². The molecule has 0 atom stereocenters. The van der Waals surface area contributed by atoms with Crippen LogP contribution in [0.4, 0.5) is 5.69 Å². The van der Waals surface area contributed by atoms with Gasteiger partial charge < -0.3 is 19.1 Å². The molecule has 0 unspecified atom stereocenters. The number of hydrogen-bond donors (Lipinski definition) is 0. The summed E-state index contributed by atoms with van der Waals surface area (Å²) in [4.78, 5) is 5.03. The Hall–Kier alpha value is -2.94. The van der Waals surface area contributed by atoms with Crippen LogP contribution in [-0.2, 0) is 22.9 Å². The minimum Gasteiger partial charge on any atom is -0.496 e. The summed E-state index contributed by atoms with van der Waals surface area (Å²) < 4.78 is 40.8. The van der Waals surface area contributed by atoms with Crippen molar-refractivity contribution in [1.29, 1.82) is 0 Å². The number of rotatable bonds is 10. The molecule has 9 heteroatoms. The predicted molar refractivity (Wildman–Crippen MR) is 149 cm³/mol. The maximum absolute atomic E-state index is 12.2. The molecular formula is C28H35ClN2O5S. The first kappa shape index (κ1) is 28.6. The Balaban J connectivity index is 0.00000380. The molecule has 3 aromatic rings. The summed E-state index contributed by atoms with van der Waals surface area (Å²) in [6.45, 7) is 4.90. The second-order valence-electron chi connectivity index (χ2n) is 8.97. The van der Waals surface area contributed by atoms with E-state index in [2.05, 4.69) is 34.1 Å². The van der Waals surface area contributed by atoms with Crippen LogP contribution in [0.15, 0.2) is 71.6 Å². The van der Waals surface area contributed by atoms with Crippen LogP contribution in [0.2, 0.25) is 0 Å². The zero-order valence-electron chi connectivity index (χ0n) is 21.6. The van der Waals surface area contributed by atoms with E-state index < -0.39 is 9.84 Å². The van der Waals surface area contributed by atoms with Crippen LogP contribution in [0.5, 0.6) is 17.2 Å². The molecule has 7 nitrogen and oxygen atoms in total. The Bertz CT molecular complexity index is 1240. The fourth-order valence-electron chi connectivity index (χ4n) is 4.37. The van der Waals surface area contributed by atoms with Crippen molar-refractivity contribution in [3.05, 3.63) is 77.9 Å². The SMILES string of the molecule is COc1cc(OC)cc(OCc2ccc(CCN3CCN(c4ccccc4S(C)(=O)=O)CC3)cc2)c1.Cl. The maximum atomic E-state index is 12.2. The summed E-state index contributed by atoms with van der Waals surface area (Å²) >= 11 is 0. The molecule has 0 saturated carbocycles.